The molecular formula is C8H9ClN2O. The van der Waals surface area contributed by atoms with Gasteiger partial charge >= 0.3 is 0 Å². The molecule has 0 aliphatic carbocycles. The maximum Gasteiger partial charge on any atom is 0.221 e. The van der Waals surface area contributed by atoms with Crippen LogP contribution in [0.4, 0.5) is 11.4 Å². The van der Waals surface area contributed by atoms with Crippen LogP contribution < -0.4 is 11.1 Å². The molecule has 1 aromatic carbocycles. The van der Waals surface area contributed by atoms with Crippen molar-refractivity contribution in [2.75, 3.05) is 11.1 Å². The summed E-state index contributed by atoms with van der Waals surface area (Å²) in [4.78, 5) is 10.7. The van der Waals surface area contributed by atoms with Gasteiger partial charge in [0.25, 0.3) is 0 Å². The summed E-state index contributed by atoms with van der Waals surface area (Å²) < 4.78 is 0. The number of nitrogens with one attached hydrogen (secondary N) is 1. The van der Waals surface area contributed by atoms with Crippen LogP contribution in [0, 0.1) is 0 Å². The second-order valence-electron chi connectivity index (χ2n) is 2.39. The van der Waals surface area contributed by atoms with Crippen LogP contribution in [0.5, 0.6) is 0 Å². The van der Waals surface area contributed by atoms with Crippen LogP contribution in [0.15, 0.2) is 18.2 Å². The van der Waals surface area contributed by atoms with Crippen molar-refractivity contribution in [2.24, 2.45) is 0 Å². The molecule has 3 nitrogen and oxygen atoms in total. The van der Waals surface area contributed by atoms with Crippen LogP contribution in [0.1, 0.15) is 6.92 Å². The van der Waals surface area contributed by atoms with E-state index in [1.54, 1.807) is 18.2 Å². The van der Waals surface area contributed by atoms with E-state index < -0.39 is 0 Å². The standard InChI is InChI=1S/C8H9ClN2O/c1-5(12)11-7-4-2-3-6(10)8(7)9/h2-4H,10H2,1H3,(H,11,12). The van der Waals surface area contributed by atoms with Crippen molar-refractivity contribution >= 4 is 28.9 Å². The van der Waals surface area contributed by atoms with Gasteiger partial charge in [-0.2, -0.15) is 0 Å². The molecule has 0 radical (unpaired) electrons. The molecule has 1 aromatic rings. The van der Waals surface area contributed by atoms with E-state index in [9.17, 15) is 4.79 Å². The number of nitrogens with two attached hydrogens (primary N) is 1. The van der Waals surface area contributed by atoms with Gasteiger partial charge in [-0.3, -0.25) is 4.79 Å². The van der Waals surface area contributed by atoms with Gasteiger partial charge in [0.05, 0.1) is 16.4 Å². The Kier molecular flexibility index (Phi) is 2.55. The van der Waals surface area contributed by atoms with Crippen molar-refractivity contribution in [3.8, 4) is 0 Å². The number of halogens is 1. The monoisotopic (exact) mass is 184 g/mol. The van der Waals surface area contributed by atoms with Crippen molar-refractivity contribution in [3.63, 3.8) is 0 Å². The second kappa shape index (κ2) is 3.45. The lowest BCUT2D eigenvalue weighted by atomic mass is 10.3. The van der Waals surface area contributed by atoms with Crippen LogP contribution in [-0.2, 0) is 4.79 Å². The minimum absolute atomic E-state index is 0.164. The van der Waals surface area contributed by atoms with Crippen LogP contribution in [0.3, 0.4) is 0 Å². The minimum atomic E-state index is -0.164. The Morgan fingerprint density at radius 1 is 1.58 bits per heavy atom. The molecule has 3 N–H and O–H groups in total. The van der Waals surface area contributed by atoms with Gasteiger partial charge in [-0.1, -0.05) is 17.7 Å². The SMILES string of the molecule is CC(=O)Nc1cccc(N)c1Cl. The lowest BCUT2D eigenvalue weighted by Crippen LogP contribution is -2.06. The first kappa shape index (κ1) is 8.87. The topological polar surface area (TPSA) is 55.1 Å². The maximum absolute atomic E-state index is 10.7. The highest BCUT2D eigenvalue weighted by molar-refractivity contribution is 6.36. The molecule has 1 rings (SSSR count). The lowest BCUT2D eigenvalue weighted by Gasteiger charge is -2.05. The summed E-state index contributed by atoms with van der Waals surface area (Å²) in [5.74, 6) is -0.164. The Bertz CT molecular complexity index is 312. The van der Waals surface area contributed by atoms with Crippen molar-refractivity contribution < 1.29 is 4.79 Å². The fourth-order valence-corrected chi connectivity index (χ4v) is 1.01. The molecule has 0 bridgehead atoms. The Hall–Kier alpha value is -1.22. The molecule has 0 saturated heterocycles. The van der Waals surface area contributed by atoms with Crippen molar-refractivity contribution in [3.05, 3.63) is 23.2 Å². The van der Waals surface area contributed by atoms with Gasteiger partial charge in [0.2, 0.25) is 5.91 Å². The predicted molar refractivity (Wildman–Crippen MR) is 50.2 cm³/mol. The van der Waals surface area contributed by atoms with Crippen LogP contribution >= 0.6 is 11.6 Å². The van der Waals surface area contributed by atoms with E-state index >= 15 is 0 Å². The largest absolute Gasteiger partial charge is 0.397 e. The zero-order chi connectivity index (χ0) is 9.14. The van der Waals surface area contributed by atoms with Crippen LogP contribution in [-0.4, -0.2) is 5.91 Å². The Morgan fingerprint density at radius 3 is 2.83 bits per heavy atom. The number of carbonyl (C=O) groups excluding carboxylic acids is 1. The second-order valence-corrected chi connectivity index (χ2v) is 2.77. The molecule has 0 saturated carbocycles. The number of hydrogen-bond acceptors (Lipinski definition) is 2. The summed E-state index contributed by atoms with van der Waals surface area (Å²) >= 11 is 5.80. The lowest BCUT2D eigenvalue weighted by molar-refractivity contribution is -0.114. The van der Waals surface area contributed by atoms with Gasteiger partial charge in [0.15, 0.2) is 0 Å². The highest BCUT2D eigenvalue weighted by Gasteiger charge is 2.03. The first-order valence-electron chi connectivity index (χ1n) is 3.43. The summed E-state index contributed by atoms with van der Waals surface area (Å²) in [6, 6.07) is 5.10. The van der Waals surface area contributed by atoms with Crippen molar-refractivity contribution in [1.29, 1.82) is 0 Å². The molecule has 1 amide bonds. The number of benzene rings is 1. The molecule has 0 unspecified atom stereocenters. The van der Waals surface area contributed by atoms with Gasteiger partial charge in [0.1, 0.15) is 0 Å². The van der Waals surface area contributed by atoms with Gasteiger partial charge < -0.3 is 11.1 Å². The molecule has 64 valence electrons. The van der Waals surface area contributed by atoms with Gasteiger partial charge in [-0.15, -0.1) is 0 Å². The fourth-order valence-electron chi connectivity index (χ4n) is 0.836. The Balaban J connectivity index is 3.00. The molecule has 4 heteroatoms. The van der Waals surface area contributed by atoms with E-state index in [0.29, 0.717) is 16.4 Å². The third kappa shape index (κ3) is 1.89. The summed E-state index contributed by atoms with van der Waals surface area (Å²) in [5, 5.41) is 2.95. The molecular weight excluding hydrogens is 176 g/mol. The van der Waals surface area contributed by atoms with E-state index in [0.717, 1.165) is 0 Å². The molecule has 0 aliphatic heterocycles. The fraction of sp³-hybridized carbons (Fsp3) is 0.125. The van der Waals surface area contributed by atoms with Crippen molar-refractivity contribution in [1.82, 2.24) is 0 Å². The average molecular weight is 185 g/mol. The normalized spacial score (nSPS) is 9.50. The smallest absolute Gasteiger partial charge is 0.221 e. The van der Waals surface area contributed by atoms with E-state index in [-0.39, 0.29) is 5.91 Å². The van der Waals surface area contributed by atoms with E-state index in [1.165, 1.54) is 6.92 Å². The summed E-state index contributed by atoms with van der Waals surface area (Å²) in [6.45, 7) is 1.42. The average Bonchev–Trinajstić information content (AvgIpc) is 1.98. The summed E-state index contributed by atoms with van der Waals surface area (Å²) in [7, 11) is 0. The summed E-state index contributed by atoms with van der Waals surface area (Å²) in [6.07, 6.45) is 0. The molecule has 0 aromatic heterocycles. The molecule has 0 heterocycles. The molecule has 12 heavy (non-hydrogen) atoms. The first-order chi connectivity index (χ1) is 5.61. The van der Waals surface area contributed by atoms with Crippen LogP contribution in [0.2, 0.25) is 5.02 Å². The highest BCUT2D eigenvalue weighted by atomic mass is 35.5. The predicted octanol–water partition coefficient (Wildman–Crippen LogP) is 1.88. The molecule has 0 spiro atoms. The number of hydrogen-bond donors (Lipinski definition) is 2. The highest BCUT2D eigenvalue weighted by Crippen LogP contribution is 2.27. The van der Waals surface area contributed by atoms with Gasteiger partial charge in [-0.25, -0.2) is 0 Å². The molecule has 0 fully saturated rings. The Morgan fingerprint density at radius 2 is 2.25 bits per heavy atom. The number of nitrogen functional groups attached to an aromatic ring is 1. The minimum Gasteiger partial charge on any atom is -0.397 e. The number of amides is 1. The first-order valence-corrected chi connectivity index (χ1v) is 3.80. The number of rotatable bonds is 1. The molecule has 0 aliphatic rings. The van der Waals surface area contributed by atoms with E-state index in [2.05, 4.69) is 5.32 Å². The van der Waals surface area contributed by atoms with E-state index in [1.807, 2.05) is 0 Å². The van der Waals surface area contributed by atoms with Gasteiger partial charge in [-0.05, 0) is 12.1 Å². The van der Waals surface area contributed by atoms with E-state index in [4.69, 9.17) is 17.3 Å². The maximum atomic E-state index is 10.7. The van der Waals surface area contributed by atoms with Crippen LogP contribution in [0.25, 0.3) is 0 Å². The summed E-state index contributed by atoms with van der Waals surface area (Å²) in [5.41, 5.74) is 6.52. The zero-order valence-corrected chi connectivity index (χ0v) is 7.35. The zero-order valence-electron chi connectivity index (χ0n) is 6.60. The third-order valence-electron chi connectivity index (χ3n) is 1.34. The number of anilines is 2. The molecule has 0 atom stereocenters. The third-order valence-corrected chi connectivity index (χ3v) is 1.76. The Labute approximate surface area is 75.5 Å². The van der Waals surface area contributed by atoms with Gasteiger partial charge in [0, 0.05) is 6.92 Å². The quantitative estimate of drug-likeness (QED) is 0.655. The number of carbonyl (C=O) groups is 1. The van der Waals surface area contributed by atoms with Crippen molar-refractivity contribution in [2.45, 2.75) is 6.92 Å².